The van der Waals surface area contributed by atoms with Crippen LogP contribution in [0.25, 0.3) is 0 Å². The molecular weight excluding hydrogens is 264 g/mol. The van der Waals surface area contributed by atoms with Crippen LogP contribution < -0.4 is 11.1 Å². The van der Waals surface area contributed by atoms with Gasteiger partial charge >= 0.3 is 0 Å². The highest BCUT2D eigenvalue weighted by Gasteiger charge is 2.09. The van der Waals surface area contributed by atoms with E-state index in [0.29, 0.717) is 12.1 Å². The standard InChI is InChI=1S/C13H18N2O3S/c1-9(16)6-7-13(18)15-10-4-2-3-5-11(10)19-8-12(14)17/h2-5,9,16H,6-8H2,1H3,(H2,14,17)(H,15,18). The Morgan fingerprint density at radius 3 is 2.74 bits per heavy atom. The first-order chi connectivity index (χ1) is 8.99. The van der Waals surface area contributed by atoms with Gasteiger partial charge in [-0.05, 0) is 25.5 Å². The lowest BCUT2D eigenvalue weighted by Crippen LogP contribution is -2.15. The summed E-state index contributed by atoms with van der Waals surface area (Å²) in [6.45, 7) is 1.64. The number of hydrogen-bond donors (Lipinski definition) is 3. The molecule has 6 heteroatoms. The molecule has 5 nitrogen and oxygen atoms in total. The van der Waals surface area contributed by atoms with E-state index in [0.717, 1.165) is 4.90 Å². The molecule has 1 aromatic carbocycles. The Kier molecular flexibility index (Phi) is 6.38. The Morgan fingerprint density at radius 1 is 1.42 bits per heavy atom. The van der Waals surface area contributed by atoms with E-state index in [2.05, 4.69) is 5.32 Å². The van der Waals surface area contributed by atoms with E-state index in [-0.39, 0.29) is 18.1 Å². The largest absolute Gasteiger partial charge is 0.393 e. The maximum atomic E-state index is 11.7. The van der Waals surface area contributed by atoms with E-state index in [1.165, 1.54) is 11.8 Å². The van der Waals surface area contributed by atoms with Crippen molar-refractivity contribution in [3.63, 3.8) is 0 Å². The molecule has 1 unspecified atom stereocenters. The number of aliphatic hydroxyl groups is 1. The van der Waals surface area contributed by atoms with Crippen LogP contribution in [0.2, 0.25) is 0 Å². The summed E-state index contributed by atoms with van der Waals surface area (Å²) in [5.41, 5.74) is 5.75. The first-order valence-electron chi connectivity index (χ1n) is 5.97. The van der Waals surface area contributed by atoms with Gasteiger partial charge in [0.2, 0.25) is 11.8 Å². The van der Waals surface area contributed by atoms with Crippen molar-refractivity contribution in [2.75, 3.05) is 11.1 Å². The van der Waals surface area contributed by atoms with Gasteiger partial charge in [0.15, 0.2) is 0 Å². The van der Waals surface area contributed by atoms with Gasteiger partial charge in [-0.3, -0.25) is 9.59 Å². The van der Waals surface area contributed by atoms with Gasteiger partial charge in [-0.25, -0.2) is 0 Å². The molecule has 0 fully saturated rings. The third-order valence-corrected chi connectivity index (χ3v) is 3.42. The molecule has 0 aliphatic rings. The van der Waals surface area contributed by atoms with Crippen LogP contribution in [0.5, 0.6) is 0 Å². The minimum Gasteiger partial charge on any atom is -0.393 e. The van der Waals surface area contributed by atoms with Crippen LogP contribution in [-0.2, 0) is 9.59 Å². The second-order valence-corrected chi connectivity index (χ2v) is 5.20. The maximum Gasteiger partial charge on any atom is 0.227 e. The van der Waals surface area contributed by atoms with Crippen LogP contribution in [0, 0.1) is 0 Å². The van der Waals surface area contributed by atoms with Crippen LogP contribution in [0.1, 0.15) is 19.8 Å². The molecule has 0 aliphatic heterocycles. The Morgan fingerprint density at radius 2 is 2.11 bits per heavy atom. The number of para-hydroxylation sites is 1. The van der Waals surface area contributed by atoms with Crippen molar-refractivity contribution in [3.05, 3.63) is 24.3 Å². The molecule has 0 saturated carbocycles. The van der Waals surface area contributed by atoms with Gasteiger partial charge in [0.1, 0.15) is 0 Å². The van der Waals surface area contributed by atoms with Crippen molar-refractivity contribution in [3.8, 4) is 0 Å². The van der Waals surface area contributed by atoms with E-state index >= 15 is 0 Å². The monoisotopic (exact) mass is 282 g/mol. The second-order valence-electron chi connectivity index (χ2n) is 4.19. The summed E-state index contributed by atoms with van der Waals surface area (Å²) >= 11 is 1.28. The third kappa shape index (κ3) is 6.26. The van der Waals surface area contributed by atoms with E-state index < -0.39 is 12.0 Å². The highest BCUT2D eigenvalue weighted by atomic mass is 32.2. The molecule has 0 aliphatic carbocycles. The summed E-state index contributed by atoms with van der Waals surface area (Å²) in [4.78, 5) is 23.3. The summed E-state index contributed by atoms with van der Waals surface area (Å²) in [6.07, 6.45) is 0.180. The van der Waals surface area contributed by atoms with Crippen molar-refractivity contribution < 1.29 is 14.7 Å². The number of nitrogens with one attached hydrogen (secondary N) is 1. The van der Waals surface area contributed by atoms with Crippen LogP contribution in [0.4, 0.5) is 5.69 Å². The molecule has 1 atom stereocenters. The Hall–Kier alpha value is -1.53. The third-order valence-electron chi connectivity index (χ3n) is 2.32. The van der Waals surface area contributed by atoms with Gasteiger partial charge < -0.3 is 16.2 Å². The lowest BCUT2D eigenvalue weighted by Gasteiger charge is -2.10. The zero-order valence-corrected chi connectivity index (χ0v) is 11.6. The number of primary amides is 1. The molecule has 19 heavy (non-hydrogen) atoms. The lowest BCUT2D eigenvalue weighted by atomic mass is 10.2. The van der Waals surface area contributed by atoms with Crippen LogP contribution in [0.3, 0.4) is 0 Å². The molecule has 1 rings (SSSR count). The molecule has 0 aromatic heterocycles. The SMILES string of the molecule is CC(O)CCC(=O)Nc1ccccc1SCC(N)=O. The maximum absolute atomic E-state index is 11.7. The smallest absolute Gasteiger partial charge is 0.227 e. The molecule has 4 N–H and O–H groups in total. The predicted molar refractivity (Wildman–Crippen MR) is 75.9 cm³/mol. The number of benzene rings is 1. The molecule has 0 heterocycles. The van der Waals surface area contributed by atoms with E-state index in [4.69, 9.17) is 10.8 Å². The Labute approximate surface area is 116 Å². The topological polar surface area (TPSA) is 92.4 Å². The van der Waals surface area contributed by atoms with Crippen molar-refractivity contribution in [2.45, 2.75) is 30.8 Å². The second kappa shape index (κ2) is 7.81. The summed E-state index contributed by atoms with van der Waals surface area (Å²) < 4.78 is 0. The molecule has 2 amide bonds. The molecule has 0 radical (unpaired) electrons. The Bertz CT molecular complexity index is 449. The zero-order chi connectivity index (χ0) is 14.3. The molecule has 104 valence electrons. The molecule has 1 aromatic rings. The summed E-state index contributed by atoms with van der Waals surface area (Å²) in [7, 11) is 0. The number of nitrogens with two attached hydrogens (primary N) is 1. The number of carbonyl (C=O) groups excluding carboxylic acids is 2. The molecule has 0 spiro atoms. The average molecular weight is 282 g/mol. The fourth-order valence-electron chi connectivity index (χ4n) is 1.40. The van der Waals surface area contributed by atoms with Crippen molar-refractivity contribution in [2.24, 2.45) is 5.73 Å². The number of anilines is 1. The Balaban J connectivity index is 2.61. The van der Waals surface area contributed by atoms with Crippen molar-refractivity contribution in [1.82, 2.24) is 0 Å². The van der Waals surface area contributed by atoms with Crippen molar-refractivity contribution >= 4 is 29.3 Å². The van der Waals surface area contributed by atoms with E-state index in [9.17, 15) is 9.59 Å². The van der Waals surface area contributed by atoms with Gasteiger partial charge in [-0.1, -0.05) is 12.1 Å². The minimum absolute atomic E-state index is 0.159. The quantitative estimate of drug-likeness (QED) is 0.658. The van der Waals surface area contributed by atoms with Gasteiger partial charge in [0.05, 0.1) is 17.5 Å². The van der Waals surface area contributed by atoms with E-state index in [1.807, 2.05) is 12.1 Å². The normalized spacial score (nSPS) is 11.9. The fraction of sp³-hybridized carbons (Fsp3) is 0.385. The summed E-state index contributed by atoms with van der Waals surface area (Å²) in [6, 6.07) is 7.22. The number of aliphatic hydroxyl groups excluding tert-OH is 1. The van der Waals surface area contributed by atoms with Gasteiger partial charge in [0, 0.05) is 11.3 Å². The number of thioether (sulfide) groups is 1. The average Bonchev–Trinajstić information content (AvgIpc) is 2.35. The van der Waals surface area contributed by atoms with Crippen molar-refractivity contribution in [1.29, 1.82) is 0 Å². The number of rotatable bonds is 7. The molecule has 0 saturated heterocycles. The van der Waals surface area contributed by atoms with Gasteiger partial charge in [0.25, 0.3) is 0 Å². The fourth-order valence-corrected chi connectivity index (χ4v) is 2.14. The highest BCUT2D eigenvalue weighted by Crippen LogP contribution is 2.26. The van der Waals surface area contributed by atoms with Crippen LogP contribution in [0.15, 0.2) is 29.2 Å². The predicted octanol–water partition coefficient (Wildman–Crippen LogP) is 1.36. The summed E-state index contributed by atoms with van der Waals surface area (Å²) in [5.74, 6) is -0.395. The minimum atomic E-state index is -0.495. The number of amides is 2. The number of hydrogen-bond acceptors (Lipinski definition) is 4. The van der Waals surface area contributed by atoms with Gasteiger partial charge in [-0.2, -0.15) is 0 Å². The first kappa shape index (κ1) is 15.5. The van der Waals surface area contributed by atoms with E-state index in [1.54, 1.807) is 19.1 Å². The summed E-state index contributed by atoms with van der Waals surface area (Å²) in [5, 5.41) is 11.9. The number of carbonyl (C=O) groups is 2. The zero-order valence-electron chi connectivity index (χ0n) is 10.8. The highest BCUT2D eigenvalue weighted by molar-refractivity contribution is 8.00. The van der Waals surface area contributed by atoms with Crippen LogP contribution >= 0.6 is 11.8 Å². The first-order valence-corrected chi connectivity index (χ1v) is 6.95. The van der Waals surface area contributed by atoms with Gasteiger partial charge in [-0.15, -0.1) is 11.8 Å². The molecular formula is C13H18N2O3S. The lowest BCUT2D eigenvalue weighted by molar-refractivity contribution is -0.117. The van der Waals surface area contributed by atoms with Crippen LogP contribution in [-0.4, -0.2) is 28.8 Å². The molecule has 0 bridgehead atoms.